The molecule has 1 aromatic heterocycles. The number of aromatic amines is 1. The Morgan fingerprint density at radius 2 is 1.96 bits per heavy atom. The second-order valence-corrected chi connectivity index (χ2v) is 7.51. The molecule has 0 aliphatic carbocycles. The van der Waals surface area contributed by atoms with Gasteiger partial charge in [-0.2, -0.15) is 0 Å². The number of aromatic nitrogens is 2. The molecule has 5 nitrogen and oxygen atoms in total. The molecule has 3 aromatic rings. The zero-order valence-corrected chi connectivity index (χ0v) is 16.2. The molecule has 2 N–H and O–H groups in total. The van der Waals surface area contributed by atoms with Gasteiger partial charge in [-0.25, -0.2) is 4.98 Å². The molecule has 1 fully saturated rings. The van der Waals surface area contributed by atoms with Crippen LogP contribution >= 0.6 is 11.6 Å². The van der Waals surface area contributed by atoms with E-state index in [-0.39, 0.29) is 18.2 Å². The molecule has 0 amide bonds. The maximum absolute atomic E-state index is 12.2. The molecular weight excluding hydrogens is 374 g/mol. The Kier molecular flexibility index (Phi) is 5.57. The fourth-order valence-corrected chi connectivity index (χ4v) is 3.95. The first-order valence-electron chi connectivity index (χ1n) is 9.44. The Balaban J connectivity index is 1.59. The van der Waals surface area contributed by atoms with E-state index < -0.39 is 0 Å². The zero-order chi connectivity index (χ0) is 19.5. The highest BCUT2D eigenvalue weighted by molar-refractivity contribution is 6.33. The molecule has 6 heteroatoms. The fourth-order valence-electron chi connectivity index (χ4n) is 3.71. The Morgan fingerprint density at radius 3 is 2.71 bits per heavy atom. The van der Waals surface area contributed by atoms with E-state index in [4.69, 9.17) is 11.6 Å². The second-order valence-electron chi connectivity index (χ2n) is 7.11. The SMILES string of the molecule is O=c1cc(-c2ccccc2Cl)nc(-c2ccc(CN3CCC[C@H]3CO)cc2)[nH]1. The van der Waals surface area contributed by atoms with E-state index in [2.05, 4.69) is 14.9 Å². The summed E-state index contributed by atoms with van der Waals surface area (Å²) in [7, 11) is 0. The highest BCUT2D eigenvalue weighted by Crippen LogP contribution is 2.27. The van der Waals surface area contributed by atoms with E-state index in [9.17, 15) is 9.90 Å². The maximum Gasteiger partial charge on any atom is 0.251 e. The average molecular weight is 396 g/mol. The van der Waals surface area contributed by atoms with Gasteiger partial charge in [-0.1, -0.05) is 54.1 Å². The maximum atomic E-state index is 12.2. The first-order chi connectivity index (χ1) is 13.6. The van der Waals surface area contributed by atoms with Gasteiger partial charge in [0.2, 0.25) is 0 Å². The van der Waals surface area contributed by atoms with Crippen LogP contribution in [0.25, 0.3) is 22.6 Å². The van der Waals surface area contributed by atoms with E-state index in [1.165, 1.54) is 11.6 Å². The topological polar surface area (TPSA) is 69.2 Å². The summed E-state index contributed by atoms with van der Waals surface area (Å²) in [5.41, 5.74) is 3.09. The van der Waals surface area contributed by atoms with Gasteiger partial charge in [0.15, 0.2) is 0 Å². The fraction of sp³-hybridized carbons (Fsp3) is 0.273. The molecule has 28 heavy (non-hydrogen) atoms. The van der Waals surface area contributed by atoms with Gasteiger partial charge in [0.05, 0.1) is 12.3 Å². The molecule has 1 aliphatic rings. The molecule has 144 valence electrons. The van der Waals surface area contributed by atoms with Crippen molar-refractivity contribution in [3.63, 3.8) is 0 Å². The van der Waals surface area contributed by atoms with Crippen LogP contribution in [0.15, 0.2) is 59.4 Å². The minimum absolute atomic E-state index is 0.206. The summed E-state index contributed by atoms with van der Waals surface area (Å²) in [6.45, 7) is 2.04. The molecule has 4 rings (SSSR count). The lowest BCUT2D eigenvalue weighted by molar-refractivity contribution is 0.153. The summed E-state index contributed by atoms with van der Waals surface area (Å²) in [6, 6.07) is 17.1. The van der Waals surface area contributed by atoms with Crippen LogP contribution in [0.5, 0.6) is 0 Å². The van der Waals surface area contributed by atoms with Gasteiger partial charge in [-0.3, -0.25) is 9.69 Å². The van der Waals surface area contributed by atoms with Gasteiger partial charge in [0, 0.05) is 34.8 Å². The van der Waals surface area contributed by atoms with Crippen molar-refractivity contribution < 1.29 is 5.11 Å². The summed E-state index contributed by atoms with van der Waals surface area (Å²) in [6.07, 6.45) is 2.18. The lowest BCUT2D eigenvalue weighted by Gasteiger charge is -2.22. The Labute approximate surface area is 168 Å². The number of H-pyrrole nitrogens is 1. The van der Waals surface area contributed by atoms with Crippen LogP contribution in [0.1, 0.15) is 18.4 Å². The van der Waals surface area contributed by atoms with Crippen molar-refractivity contribution in [1.82, 2.24) is 14.9 Å². The summed E-state index contributed by atoms with van der Waals surface area (Å²) >= 11 is 6.26. The number of nitrogens with one attached hydrogen (secondary N) is 1. The van der Waals surface area contributed by atoms with Gasteiger partial charge in [0.25, 0.3) is 5.56 Å². The Bertz CT molecular complexity index is 1020. The number of aliphatic hydroxyl groups is 1. The van der Waals surface area contributed by atoms with Crippen LogP contribution in [0, 0.1) is 0 Å². The van der Waals surface area contributed by atoms with Crippen molar-refractivity contribution in [2.45, 2.75) is 25.4 Å². The number of nitrogens with zero attached hydrogens (tertiary/aromatic N) is 2. The van der Waals surface area contributed by atoms with Crippen molar-refractivity contribution >= 4 is 11.6 Å². The number of rotatable bonds is 5. The van der Waals surface area contributed by atoms with Gasteiger partial charge in [-0.05, 0) is 31.0 Å². The third-order valence-corrected chi connectivity index (χ3v) is 5.54. The van der Waals surface area contributed by atoms with Crippen LogP contribution in [0.2, 0.25) is 5.02 Å². The lowest BCUT2D eigenvalue weighted by atomic mass is 10.1. The zero-order valence-electron chi connectivity index (χ0n) is 15.4. The van der Waals surface area contributed by atoms with Gasteiger partial charge < -0.3 is 10.1 Å². The van der Waals surface area contributed by atoms with Crippen molar-refractivity contribution in [3.05, 3.63) is 75.5 Å². The number of hydrogen-bond acceptors (Lipinski definition) is 4. The minimum atomic E-state index is -0.216. The number of likely N-dealkylation sites (tertiary alicyclic amines) is 1. The largest absolute Gasteiger partial charge is 0.395 e. The van der Waals surface area contributed by atoms with E-state index in [1.54, 1.807) is 6.07 Å². The molecule has 0 saturated carbocycles. The van der Waals surface area contributed by atoms with Crippen LogP contribution in [0.3, 0.4) is 0 Å². The number of aliphatic hydroxyl groups excluding tert-OH is 1. The average Bonchev–Trinajstić information content (AvgIpc) is 3.15. The van der Waals surface area contributed by atoms with Crippen LogP contribution in [0.4, 0.5) is 0 Å². The summed E-state index contributed by atoms with van der Waals surface area (Å²) < 4.78 is 0. The van der Waals surface area contributed by atoms with Gasteiger partial charge in [0.1, 0.15) is 5.82 Å². The first kappa shape index (κ1) is 18.9. The Morgan fingerprint density at radius 1 is 1.18 bits per heavy atom. The lowest BCUT2D eigenvalue weighted by Crippen LogP contribution is -2.31. The summed E-state index contributed by atoms with van der Waals surface area (Å²) in [5, 5.41) is 10.0. The number of hydrogen-bond donors (Lipinski definition) is 2. The predicted octanol–water partition coefficient (Wildman–Crippen LogP) is 3.71. The predicted molar refractivity (Wildman–Crippen MR) is 111 cm³/mol. The van der Waals surface area contributed by atoms with Crippen molar-refractivity contribution in [3.8, 4) is 22.6 Å². The van der Waals surface area contributed by atoms with Gasteiger partial charge in [-0.15, -0.1) is 0 Å². The molecule has 1 aliphatic heterocycles. The van der Waals surface area contributed by atoms with E-state index in [0.717, 1.165) is 37.1 Å². The highest BCUT2D eigenvalue weighted by atomic mass is 35.5. The molecule has 0 unspecified atom stereocenters. The third kappa shape index (κ3) is 4.02. The summed E-state index contributed by atoms with van der Waals surface area (Å²) in [5.74, 6) is 0.517. The van der Waals surface area contributed by atoms with E-state index >= 15 is 0 Å². The van der Waals surface area contributed by atoms with Gasteiger partial charge >= 0.3 is 0 Å². The minimum Gasteiger partial charge on any atom is -0.395 e. The summed E-state index contributed by atoms with van der Waals surface area (Å²) in [4.78, 5) is 21.9. The molecular formula is C22H22ClN3O2. The second kappa shape index (κ2) is 8.27. The number of halogens is 1. The third-order valence-electron chi connectivity index (χ3n) is 5.21. The monoisotopic (exact) mass is 395 g/mol. The van der Waals surface area contributed by atoms with Crippen LogP contribution in [-0.2, 0) is 6.54 Å². The molecule has 0 bridgehead atoms. The van der Waals surface area contributed by atoms with Crippen LogP contribution < -0.4 is 5.56 Å². The molecule has 1 atom stereocenters. The van der Waals surface area contributed by atoms with Crippen molar-refractivity contribution in [1.29, 1.82) is 0 Å². The molecule has 0 radical (unpaired) electrons. The molecule has 1 saturated heterocycles. The molecule has 2 heterocycles. The first-order valence-corrected chi connectivity index (χ1v) is 9.82. The van der Waals surface area contributed by atoms with E-state index in [0.29, 0.717) is 16.5 Å². The van der Waals surface area contributed by atoms with E-state index in [1.807, 2.05) is 42.5 Å². The van der Waals surface area contributed by atoms with Crippen molar-refractivity contribution in [2.75, 3.05) is 13.2 Å². The molecule has 0 spiro atoms. The quantitative estimate of drug-likeness (QED) is 0.690. The smallest absolute Gasteiger partial charge is 0.251 e. The number of benzene rings is 2. The molecule has 2 aromatic carbocycles. The standard InChI is InChI=1S/C22H22ClN3O2/c23-19-6-2-1-5-18(19)20-12-21(28)25-22(24-20)16-9-7-15(8-10-16)13-26-11-3-4-17(26)14-27/h1-2,5-10,12,17,27H,3-4,11,13-14H2,(H,24,25,28)/t17-/m0/s1. The normalized spacial score (nSPS) is 17.1. The van der Waals surface area contributed by atoms with Crippen molar-refractivity contribution in [2.24, 2.45) is 0 Å². The highest BCUT2D eigenvalue weighted by Gasteiger charge is 2.23. The Hall–Kier alpha value is -2.47. The van der Waals surface area contributed by atoms with Crippen LogP contribution in [-0.4, -0.2) is 39.2 Å².